The van der Waals surface area contributed by atoms with Crippen molar-refractivity contribution in [2.75, 3.05) is 25.4 Å². The van der Waals surface area contributed by atoms with E-state index in [-0.39, 0.29) is 24.8 Å². The fourth-order valence-electron chi connectivity index (χ4n) is 4.38. The summed E-state index contributed by atoms with van der Waals surface area (Å²) >= 11 is 1.52. The number of rotatable bonds is 6. The summed E-state index contributed by atoms with van der Waals surface area (Å²) in [6, 6.07) is 10.5. The molecule has 1 saturated heterocycles. The number of hydrogen-bond donors (Lipinski definition) is 2. The minimum Gasteiger partial charge on any atom is -0.396 e. The molecule has 0 aliphatic carbocycles. The minimum atomic E-state index is -4.45. The maximum Gasteiger partial charge on any atom is 0.408 e. The highest BCUT2D eigenvalue weighted by Crippen LogP contribution is 2.39. The van der Waals surface area contributed by atoms with E-state index in [0.29, 0.717) is 35.9 Å². The van der Waals surface area contributed by atoms with Crippen molar-refractivity contribution in [2.24, 2.45) is 5.73 Å². The molecule has 2 atom stereocenters. The fourth-order valence-corrected chi connectivity index (χ4v) is 5.06. The Labute approximate surface area is 197 Å². The Kier molecular flexibility index (Phi) is 6.19. The van der Waals surface area contributed by atoms with Crippen LogP contribution in [0.2, 0.25) is 0 Å². The number of aromatic nitrogens is 4. The van der Waals surface area contributed by atoms with Gasteiger partial charge in [0, 0.05) is 41.4 Å². The number of nitrogens with two attached hydrogens (primary N) is 1. The lowest BCUT2D eigenvalue weighted by atomic mass is 10.1. The number of hydrogen-bond acceptors (Lipinski definition) is 7. The largest absolute Gasteiger partial charge is 0.408 e. The van der Waals surface area contributed by atoms with Gasteiger partial charge in [0.05, 0.1) is 12.1 Å². The molecule has 0 saturated carbocycles. The van der Waals surface area contributed by atoms with E-state index in [0.717, 1.165) is 15.8 Å². The Morgan fingerprint density at radius 2 is 1.97 bits per heavy atom. The van der Waals surface area contributed by atoms with Crippen LogP contribution < -0.4 is 5.73 Å². The highest BCUT2D eigenvalue weighted by Gasteiger charge is 2.46. The van der Waals surface area contributed by atoms with Gasteiger partial charge in [0.15, 0.2) is 11.5 Å². The van der Waals surface area contributed by atoms with Crippen LogP contribution in [0.15, 0.2) is 53.6 Å². The van der Waals surface area contributed by atoms with Gasteiger partial charge < -0.3 is 10.8 Å². The first-order valence-electron chi connectivity index (χ1n) is 10.9. The zero-order valence-corrected chi connectivity index (χ0v) is 18.9. The zero-order valence-electron chi connectivity index (χ0n) is 18.1. The Morgan fingerprint density at radius 3 is 2.71 bits per heavy atom. The number of pyridine rings is 2. The molecule has 5 rings (SSSR count). The number of fused-ring (bicyclic) bond motifs is 2. The van der Waals surface area contributed by atoms with E-state index in [1.54, 1.807) is 16.5 Å². The van der Waals surface area contributed by atoms with Gasteiger partial charge in [-0.25, -0.2) is 4.98 Å². The summed E-state index contributed by atoms with van der Waals surface area (Å²) in [5.74, 6) is 0.941. The van der Waals surface area contributed by atoms with E-state index in [2.05, 4.69) is 10.2 Å². The second kappa shape index (κ2) is 9.14. The monoisotopic (exact) mass is 488 g/mol. The maximum absolute atomic E-state index is 14.1. The summed E-state index contributed by atoms with van der Waals surface area (Å²) in [4.78, 5) is 7.05. The van der Waals surface area contributed by atoms with E-state index in [1.807, 2.05) is 24.3 Å². The van der Waals surface area contributed by atoms with E-state index >= 15 is 0 Å². The molecule has 178 valence electrons. The van der Waals surface area contributed by atoms with Crippen molar-refractivity contribution >= 4 is 28.3 Å². The van der Waals surface area contributed by atoms with E-state index in [9.17, 15) is 13.2 Å². The van der Waals surface area contributed by atoms with E-state index in [4.69, 9.17) is 15.8 Å². The van der Waals surface area contributed by atoms with E-state index < -0.39 is 12.2 Å². The van der Waals surface area contributed by atoms with Crippen molar-refractivity contribution in [1.82, 2.24) is 24.5 Å². The van der Waals surface area contributed by atoms with Crippen molar-refractivity contribution in [2.45, 2.75) is 29.6 Å². The zero-order chi connectivity index (χ0) is 23.9. The van der Waals surface area contributed by atoms with Crippen LogP contribution in [0.3, 0.4) is 0 Å². The average molecular weight is 489 g/mol. The average Bonchev–Trinajstić information content (AvgIpc) is 3.42. The molecule has 1 aliphatic rings. The molecule has 7 nitrogen and oxygen atoms in total. The normalized spacial score (nSPS) is 18.2. The van der Waals surface area contributed by atoms with Crippen molar-refractivity contribution in [3.05, 3.63) is 54.2 Å². The first kappa shape index (κ1) is 23.0. The van der Waals surface area contributed by atoms with Crippen LogP contribution in [0.4, 0.5) is 13.2 Å². The Balaban J connectivity index is 1.56. The third kappa shape index (κ3) is 4.48. The highest BCUT2D eigenvalue weighted by atomic mass is 32.2. The molecule has 34 heavy (non-hydrogen) atoms. The van der Waals surface area contributed by atoms with Gasteiger partial charge in [0.1, 0.15) is 11.7 Å². The summed E-state index contributed by atoms with van der Waals surface area (Å²) in [7, 11) is 0. The number of likely N-dealkylation sites (tertiary alicyclic amines) is 1. The van der Waals surface area contributed by atoms with Crippen LogP contribution in [0.5, 0.6) is 0 Å². The number of halogens is 3. The molecule has 1 aromatic carbocycles. The third-order valence-electron chi connectivity index (χ3n) is 5.92. The second-order valence-corrected chi connectivity index (χ2v) is 9.49. The number of aliphatic hydroxyl groups excluding tert-OH is 1. The lowest BCUT2D eigenvalue weighted by molar-refractivity contribution is -0.183. The van der Waals surface area contributed by atoms with Gasteiger partial charge in [-0.2, -0.15) is 13.2 Å². The molecule has 4 aromatic rings. The molecule has 1 unspecified atom stereocenters. The van der Waals surface area contributed by atoms with Crippen LogP contribution in [0.1, 0.15) is 18.0 Å². The van der Waals surface area contributed by atoms with Crippen molar-refractivity contribution in [3.8, 4) is 11.5 Å². The fraction of sp³-hybridized carbons (Fsp3) is 0.348. The minimum absolute atomic E-state index is 0.0759. The first-order chi connectivity index (χ1) is 16.3. The quantitative estimate of drug-likeness (QED) is 0.400. The molecule has 1 aliphatic heterocycles. The SMILES string of the molecule is NC1CCN([C@H](c2ccc3nnc(-c4ccc5ccc(SCCO)cc5n4)n3c2)C(F)(F)F)C1. The smallest absolute Gasteiger partial charge is 0.396 e. The van der Waals surface area contributed by atoms with Crippen molar-refractivity contribution in [3.63, 3.8) is 0 Å². The Hall–Kier alpha value is -2.73. The van der Waals surface area contributed by atoms with Gasteiger partial charge in [-0.1, -0.05) is 18.2 Å². The van der Waals surface area contributed by atoms with Gasteiger partial charge in [-0.05, 0) is 36.2 Å². The molecule has 1 fully saturated rings. The van der Waals surface area contributed by atoms with E-state index in [1.165, 1.54) is 28.9 Å². The first-order valence-corrected chi connectivity index (χ1v) is 11.9. The lowest BCUT2D eigenvalue weighted by Crippen LogP contribution is -2.38. The molecule has 3 N–H and O–H groups in total. The van der Waals surface area contributed by atoms with Gasteiger partial charge in [-0.15, -0.1) is 22.0 Å². The number of nitrogens with zero attached hydrogens (tertiary/aromatic N) is 5. The van der Waals surface area contributed by atoms with Crippen molar-refractivity contribution < 1.29 is 18.3 Å². The molecule has 11 heteroatoms. The third-order valence-corrected chi connectivity index (χ3v) is 6.90. The maximum atomic E-state index is 14.1. The summed E-state index contributed by atoms with van der Waals surface area (Å²) < 4.78 is 43.8. The van der Waals surface area contributed by atoms with Crippen LogP contribution in [0, 0.1) is 0 Å². The molecule has 0 radical (unpaired) electrons. The van der Waals surface area contributed by atoms with Crippen LogP contribution in [0.25, 0.3) is 28.1 Å². The summed E-state index contributed by atoms with van der Waals surface area (Å²) in [5, 5.41) is 18.3. The molecule has 3 aromatic heterocycles. The molecule has 0 bridgehead atoms. The summed E-state index contributed by atoms with van der Waals surface area (Å²) in [5.41, 5.74) is 7.67. The van der Waals surface area contributed by atoms with Crippen LogP contribution in [-0.2, 0) is 0 Å². The summed E-state index contributed by atoms with van der Waals surface area (Å²) in [6.45, 7) is 0.563. The molecule has 0 amide bonds. The Bertz CT molecular complexity index is 1330. The topological polar surface area (TPSA) is 92.6 Å². The number of aliphatic hydroxyl groups is 1. The van der Waals surface area contributed by atoms with Crippen molar-refractivity contribution in [1.29, 1.82) is 0 Å². The molecular weight excluding hydrogens is 465 g/mol. The molecule has 4 heterocycles. The Morgan fingerprint density at radius 1 is 1.15 bits per heavy atom. The van der Waals surface area contributed by atoms with Gasteiger partial charge >= 0.3 is 6.18 Å². The van der Waals surface area contributed by atoms with Crippen LogP contribution >= 0.6 is 11.8 Å². The standard InChI is InChI=1S/C23H23F3N6OS/c24-23(25,26)21(31-8-7-16(27)13-31)15-3-6-20-29-30-22(32(20)12-15)18-5-2-14-1-4-17(34-10-9-33)11-19(14)28-18/h1-6,11-12,16,21,33H,7-10,13,27H2/t16?,21-/m1/s1. The molecular formula is C23H23F3N6OS. The van der Waals surface area contributed by atoms with Crippen LogP contribution in [-0.4, -0.2) is 67.3 Å². The highest BCUT2D eigenvalue weighted by molar-refractivity contribution is 7.99. The number of thioether (sulfide) groups is 1. The lowest BCUT2D eigenvalue weighted by Gasteiger charge is -2.30. The predicted octanol–water partition coefficient (Wildman–Crippen LogP) is 3.67. The summed E-state index contributed by atoms with van der Waals surface area (Å²) in [6.07, 6.45) is -2.46. The van der Waals surface area contributed by atoms with Gasteiger partial charge in [0.25, 0.3) is 0 Å². The van der Waals surface area contributed by atoms with Gasteiger partial charge in [-0.3, -0.25) is 9.30 Å². The predicted molar refractivity (Wildman–Crippen MR) is 124 cm³/mol. The number of benzene rings is 1. The molecule has 0 spiro atoms. The number of alkyl halides is 3. The second-order valence-electron chi connectivity index (χ2n) is 8.33. The van der Waals surface area contributed by atoms with Gasteiger partial charge in [0.2, 0.25) is 0 Å².